The van der Waals surface area contributed by atoms with Crippen molar-refractivity contribution in [2.45, 2.75) is 17.0 Å². The minimum absolute atomic E-state index is 0.0456. The Labute approximate surface area is 161 Å². The Balaban J connectivity index is 1.69. The van der Waals surface area contributed by atoms with Gasteiger partial charge in [-0.05, 0) is 24.6 Å². The largest absolute Gasteiger partial charge is 0.296 e. The molecule has 138 valence electrons. The van der Waals surface area contributed by atoms with Crippen LogP contribution in [0.15, 0.2) is 46.8 Å². The van der Waals surface area contributed by atoms with Crippen LogP contribution in [0.2, 0.25) is 0 Å². The van der Waals surface area contributed by atoms with Crippen molar-refractivity contribution in [3.8, 4) is 0 Å². The van der Waals surface area contributed by atoms with Crippen molar-refractivity contribution >= 4 is 39.8 Å². The Kier molecular flexibility index (Phi) is 5.77. The molecular weight excluding hydrogens is 391 g/mol. The number of rotatable bonds is 6. The van der Waals surface area contributed by atoms with E-state index in [1.54, 1.807) is 37.3 Å². The van der Waals surface area contributed by atoms with E-state index in [1.807, 2.05) is 0 Å². The highest BCUT2D eigenvalue weighted by atomic mass is 32.2. The molecule has 0 saturated carbocycles. The first kappa shape index (κ1) is 18.9. The fourth-order valence-electron chi connectivity index (χ4n) is 2.32. The molecule has 0 radical (unpaired) electrons. The van der Waals surface area contributed by atoms with Gasteiger partial charge in [0.05, 0.1) is 4.92 Å². The summed E-state index contributed by atoms with van der Waals surface area (Å²) in [7, 11) is 0. The Hall–Kier alpha value is -2.85. The van der Waals surface area contributed by atoms with E-state index in [1.165, 1.54) is 23.9 Å². The van der Waals surface area contributed by atoms with E-state index >= 15 is 0 Å². The van der Waals surface area contributed by atoms with E-state index in [9.17, 15) is 19.3 Å². The molecule has 0 bridgehead atoms. The summed E-state index contributed by atoms with van der Waals surface area (Å²) in [6, 6.07) is 11.0. The second-order valence-corrected chi connectivity index (χ2v) is 7.64. The maximum Gasteiger partial charge on any atom is 0.285 e. The number of carbonyl (C=O) groups is 1. The van der Waals surface area contributed by atoms with Crippen molar-refractivity contribution in [3.63, 3.8) is 0 Å². The van der Waals surface area contributed by atoms with Gasteiger partial charge in [-0.2, -0.15) is 0 Å². The molecule has 10 heteroatoms. The van der Waals surface area contributed by atoms with E-state index in [0.717, 1.165) is 11.3 Å². The number of benzene rings is 2. The highest BCUT2D eigenvalue weighted by Crippen LogP contribution is 2.30. The van der Waals surface area contributed by atoms with Crippen LogP contribution < -0.4 is 5.32 Å². The maximum atomic E-state index is 13.6. The van der Waals surface area contributed by atoms with Crippen LogP contribution in [0.3, 0.4) is 0 Å². The highest BCUT2D eigenvalue weighted by molar-refractivity contribution is 8.00. The number of para-hydroxylation sites is 1. The average Bonchev–Trinajstić information content (AvgIpc) is 3.07. The zero-order chi connectivity index (χ0) is 19.4. The smallest absolute Gasteiger partial charge is 0.285 e. The van der Waals surface area contributed by atoms with Crippen LogP contribution in [0, 0.1) is 22.9 Å². The van der Waals surface area contributed by atoms with Crippen molar-refractivity contribution in [1.29, 1.82) is 0 Å². The molecule has 0 fully saturated rings. The van der Waals surface area contributed by atoms with Gasteiger partial charge in [-0.1, -0.05) is 53.4 Å². The molecule has 0 aliphatic carbocycles. The molecule has 3 aromatic rings. The van der Waals surface area contributed by atoms with Gasteiger partial charge in [0, 0.05) is 11.3 Å². The summed E-state index contributed by atoms with van der Waals surface area (Å²) in [4.78, 5) is 23.0. The molecule has 0 saturated heterocycles. The Bertz CT molecular complexity index is 1010. The van der Waals surface area contributed by atoms with Gasteiger partial charge in [0.1, 0.15) is 11.4 Å². The van der Waals surface area contributed by atoms with E-state index in [4.69, 9.17) is 0 Å². The van der Waals surface area contributed by atoms with Crippen molar-refractivity contribution in [2.75, 3.05) is 5.32 Å². The first-order chi connectivity index (χ1) is 13.0. The highest BCUT2D eigenvalue weighted by Gasteiger charge is 2.23. The summed E-state index contributed by atoms with van der Waals surface area (Å²) in [5.41, 5.74) is 0.647. The lowest BCUT2D eigenvalue weighted by Gasteiger charge is -2.04. The summed E-state index contributed by atoms with van der Waals surface area (Å²) in [6.45, 7) is 1.57. The van der Waals surface area contributed by atoms with Gasteiger partial charge in [0.25, 0.3) is 11.6 Å². The number of nitrogens with zero attached hydrogens (tertiary/aromatic N) is 3. The molecule has 0 spiro atoms. The van der Waals surface area contributed by atoms with Crippen LogP contribution in [0.25, 0.3) is 0 Å². The lowest BCUT2D eigenvalue weighted by molar-refractivity contribution is -0.385. The number of aryl methyl sites for hydroxylation is 1. The van der Waals surface area contributed by atoms with Crippen LogP contribution in [0.1, 0.15) is 21.5 Å². The predicted molar refractivity (Wildman–Crippen MR) is 102 cm³/mol. The lowest BCUT2D eigenvalue weighted by atomic mass is 10.1. The Morgan fingerprint density at radius 3 is 2.78 bits per heavy atom. The Morgan fingerprint density at radius 2 is 2.04 bits per heavy atom. The number of carbonyl (C=O) groups excluding carboxylic acids is 1. The number of thioether (sulfide) groups is 1. The maximum absolute atomic E-state index is 13.6. The molecule has 1 heterocycles. The van der Waals surface area contributed by atoms with Crippen LogP contribution >= 0.6 is 23.1 Å². The van der Waals surface area contributed by atoms with Crippen molar-refractivity contribution in [2.24, 2.45) is 0 Å². The molecule has 3 rings (SSSR count). The van der Waals surface area contributed by atoms with Crippen LogP contribution in [0.4, 0.5) is 15.2 Å². The molecule has 0 atom stereocenters. The first-order valence-electron chi connectivity index (χ1n) is 7.71. The molecule has 7 nitrogen and oxygen atoms in total. The third-order valence-corrected chi connectivity index (χ3v) is 5.62. The topological polar surface area (TPSA) is 98.0 Å². The Morgan fingerprint density at radius 1 is 1.26 bits per heavy atom. The average molecular weight is 404 g/mol. The zero-order valence-corrected chi connectivity index (χ0v) is 15.6. The number of nitrogens with one attached hydrogen (secondary N) is 1. The second-order valence-electron chi connectivity index (χ2n) is 5.44. The molecule has 0 aliphatic heterocycles. The van der Waals surface area contributed by atoms with E-state index < -0.39 is 10.8 Å². The summed E-state index contributed by atoms with van der Waals surface area (Å²) in [5, 5.41) is 21.8. The van der Waals surface area contributed by atoms with Crippen LogP contribution in [0.5, 0.6) is 0 Å². The lowest BCUT2D eigenvalue weighted by Crippen LogP contribution is -2.14. The quantitative estimate of drug-likeness (QED) is 0.282. The summed E-state index contributed by atoms with van der Waals surface area (Å²) in [6.07, 6.45) is 0. The fourth-order valence-corrected chi connectivity index (χ4v) is 4.06. The van der Waals surface area contributed by atoms with Crippen molar-refractivity contribution in [3.05, 3.63) is 75.1 Å². The van der Waals surface area contributed by atoms with Gasteiger partial charge in [-0.15, -0.1) is 10.2 Å². The second kappa shape index (κ2) is 8.23. The number of hydrogen-bond donors (Lipinski definition) is 1. The third kappa shape index (κ3) is 4.47. The van der Waals surface area contributed by atoms with Gasteiger partial charge < -0.3 is 0 Å². The van der Waals surface area contributed by atoms with Gasteiger partial charge >= 0.3 is 0 Å². The predicted octanol–water partition coefficient (Wildman–Crippen LogP) is 4.44. The molecule has 27 heavy (non-hydrogen) atoms. The SMILES string of the molecule is Cc1cccc(C(=O)Nc2nnc(SCc3ccccc3F)s2)c1[N+](=O)[O-]. The van der Waals surface area contributed by atoms with Crippen molar-refractivity contribution < 1.29 is 14.1 Å². The minimum Gasteiger partial charge on any atom is -0.296 e. The number of aromatic nitrogens is 2. The van der Waals surface area contributed by atoms with E-state index in [0.29, 0.717) is 21.2 Å². The fraction of sp³-hybridized carbons (Fsp3) is 0.118. The number of hydrogen-bond acceptors (Lipinski definition) is 7. The molecule has 1 N–H and O–H groups in total. The van der Waals surface area contributed by atoms with Crippen molar-refractivity contribution in [1.82, 2.24) is 10.2 Å². The van der Waals surface area contributed by atoms with Gasteiger partial charge in [-0.3, -0.25) is 20.2 Å². The number of halogens is 1. The van der Waals surface area contributed by atoms with Crippen LogP contribution in [-0.4, -0.2) is 21.0 Å². The molecular formula is C17H13FN4O3S2. The number of nitro groups is 1. The van der Waals surface area contributed by atoms with Crippen LogP contribution in [-0.2, 0) is 5.75 Å². The van der Waals surface area contributed by atoms with Gasteiger partial charge in [-0.25, -0.2) is 4.39 Å². The first-order valence-corrected chi connectivity index (χ1v) is 9.51. The summed E-state index contributed by atoms with van der Waals surface area (Å²) >= 11 is 2.40. The van der Waals surface area contributed by atoms with Gasteiger partial charge in [0.2, 0.25) is 5.13 Å². The summed E-state index contributed by atoms with van der Waals surface area (Å²) < 4.78 is 14.2. The van der Waals surface area contributed by atoms with E-state index in [2.05, 4.69) is 15.5 Å². The number of amides is 1. The molecule has 2 aromatic carbocycles. The minimum atomic E-state index is -0.632. The molecule has 0 unspecified atom stereocenters. The zero-order valence-electron chi connectivity index (χ0n) is 14.0. The number of anilines is 1. The molecule has 0 aliphatic rings. The molecule has 1 amide bonds. The monoisotopic (exact) mass is 404 g/mol. The number of nitro benzene ring substituents is 1. The van der Waals surface area contributed by atoms with E-state index in [-0.39, 0.29) is 22.2 Å². The molecule has 1 aromatic heterocycles. The normalized spacial score (nSPS) is 10.6. The van der Waals surface area contributed by atoms with Gasteiger partial charge in [0.15, 0.2) is 4.34 Å². The summed E-state index contributed by atoms with van der Waals surface area (Å²) in [5.74, 6) is -0.555. The standard InChI is InChI=1S/C17H13FN4O3S2/c1-10-5-4-7-12(14(10)22(24)25)15(23)19-16-20-21-17(27-16)26-9-11-6-2-3-8-13(11)18/h2-8H,9H2,1H3,(H,19,20,23). The third-order valence-electron chi connectivity index (χ3n) is 3.60.